The summed E-state index contributed by atoms with van der Waals surface area (Å²) in [5, 5.41) is 6.13. The van der Waals surface area contributed by atoms with E-state index < -0.39 is 0 Å². The van der Waals surface area contributed by atoms with Gasteiger partial charge >= 0.3 is 0 Å². The largest absolute Gasteiger partial charge is 1.00 e. The van der Waals surface area contributed by atoms with Gasteiger partial charge in [0.1, 0.15) is 13.1 Å². The highest BCUT2D eigenvalue weighted by molar-refractivity contribution is 7.21. The van der Waals surface area contributed by atoms with Crippen LogP contribution in [0, 0.1) is 6.92 Å². The lowest BCUT2D eigenvalue weighted by Gasteiger charge is -2.14. The predicted molar refractivity (Wildman–Crippen MR) is 154 cm³/mol. The summed E-state index contributed by atoms with van der Waals surface area (Å²) in [5.41, 5.74) is 5.32. The molecule has 4 rings (SSSR count). The van der Waals surface area contributed by atoms with E-state index in [2.05, 4.69) is 74.0 Å². The molecular weight excluding hydrogens is 484 g/mol. The van der Waals surface area contributed by atoms with Gasteiger partial charge < -0.3 is 17.7 Å². The second-order valence-electron chi connectivity index (χ2n) is 9.56. The summed E-state index contributed by atoms with van der Waals surface area (Å²) in [7, 11) is 0. The van der Waals surface area contributed by atoms with Crippen LogP contribution in [-0.2, 0) is 0 Å². The average molecular weight is 525 g/mol. The summed E-state index contributed by atoms with van der Waals surface area (Å²) in [4.78, 5) is 11.3. The van der Waals surface area contributed by atoms with E-state index in [1.165, 1.54) is 66.3 Å². The molecule has 0 fully saturated rings. The number of nitrogens with zero attached hydrogens (tertiary/aromatic N) is 3. The van der Waals surface area contributed by atoms with Crippen LogP contribution in [0.15, 0.2) is 36.4 Å². The SMILES string of the molecule is CCCCCCCCCCNc1cc2sc3cc(=[N+](CC)CC)ccc-3nc2c2ccc(C)nc12.[Cl-]. The van der Waals surface area contributed by atoms with Gasteiger partial charge in [-0.15, -0.1) is 11.3 Å². The van der Waals surface area contributed by atoms with Crippen LogP contribution >= 0.6 is 11.3 Å². The van der Waals surface area contributed by atoms with Crippen LogP contribution in [0.3, 0.4) is 0 Å². The fourth-order valence-electron chi connectivity index (χ4n) is 4.86. The van der Waals surface area contributed by atoms with Gasteiger partial charge in [0.15, 0.2) is 0 Å². The predicted octanol–water partition coefficient (Wildman–Crippen LogP) is 4.63. The molecule has 0 unspecified atom stereocenters. The quantitative estimate of drug-likeness (QED) is 0.127. The highest BCUT2D eigenvalue weighted by Crippen LogP contribution is 2.36. The third-order valence-corrected chi connectivity index (χ3v) is 8.00. The first-order valence-electron chi connectivity index (χ1n) is 13.6. The lowest BCUT2D eigenvalue weighted by atomic mass is 10.1. The molecule has 0 atom stereocenters. The van der Waals surface area contributed by atoms with Gasteiger partial charge in [0.05, 0.1) is 32.0 Å². The Hall–Kier alpha value is -2.24. The Bertz CT molecular complexity index is 1310. The molecule has 0 saturated heterocycles. The minimum absolute atomic E-state index is 0. The molecule has 0 spiro atoms. The lowest BCUT2D eigenvalue weighted by molar-refractivity contribution is -0.00000738. The first-order chi connectivity index (χ1) is 17.1. The maximum atomic E-state index is 5.10. The molecule has 2 aliphatic rings. The van der Waals surface area contributed by atoms with Crippen molar-refractivity contribution in [2.24, 2.45) is 0 Å². The summed E-state index contributed by atoms with van der Waals surface area (Å²) >= 11 is 1.84. The van der Waals surface area contributed by atoms with Crippen molar-refractivity contribution in [3.63, 3.8) is 0 Å². The second-order valence-corrected chi connectivity index (χ2v) is 10.6. The van der Waals surface area contributed by atoms with Crippen molar-refractivity contribution in [1.29, 1.82) is 0 Å². The molecule has 1 aliphatic carbocycles. The molecule has 194 valence electrons. The maximum absolute atomic E-state index is 5.10. The summed E-state index contributed by atoms with van der Waals surface area (Å²) < 4.78 is 3.60. The molecule has 0 saturated carbocycles. The molecule has 1 aliphatic heterocycles. The molecule has 4 nitrogen and oxygen atoms in total. The molecule has 6 heteroatoms. The Labute approximate surface area is 226 Å². The molecule has 1 N–H and O–H groups in total. The minimum Gasteiger partial charge on any atom is -1.00 e. The Balaban J connectivity index is 0.00000361. The van der Waals surface area contributed by atoms with Crippen LogP contribution in [0.2, 0.25) is 0 Å². The first-order valence-corrected chi connectivity index (χ1v) is 14.4. The van der Waals surface area contributed by atoms with Crippen LogP contribution in [0.4, 0.5) is 5.69 Å². The Morgan fingerprint density at radius 2 is 1.53 bits per heavy atom. The number of hydrogen-bond acceptors (Lipinski definition) is 4. The van der Waals surface area contributed by atoms with Crippen molar-refractivity contribution in [1.82, 2.24) is 14.5 Å². The van der Waals surface area contributed by atoms with E-state index in [-0.39, 0.29) is 12.4 Å². The number of halogens is 1. The summed E-state index contributed by atoms with van der Waals surface area (Å²) in [6.45, 7) is 11.8. The molecule has 2 heterocycles. The second kappa shape index (κ2) is 13.9. The van der Waals surface area contributed by atoms with Gasteiger partial charge in [-0.05, 0) is 51.5 Å². The zero-order valence-corrected chi connectivity index (χ0v) is 23.9. The molecule has 2 aromatic rings. The van der Waals surface area contributed by atoms with Crippen molar-refractivity contribution < 1.29 is 12.4 Å². The Kier molecular flexibility index (Phi) is 10.9. The highest BCUT2D eigenvalue weighted by Gasteiger charge is 2.15. The fraction of sp³-hybridized carbons (Fsp3) is 0.500. The number of aromatic nitrogens is 2. The number of anilines is 1. The van der Waals surface area contributed by atoms with Crippen LogP contribution in [-0.4, -0.2) is 29.6 Å². The average Bonchev–Trinajstić information content (AvgIpc) is 2.87. The molecule has 0 radical (unpaired) electrons. The summed E-state index contributed by atoms with van der Waals surface area (Å²) in [5.74, 6) is 0. The third-order valence-electron chi connectivity index (χ3n) is 6.92. The monoisotopic (exact) mass is 524 g/mol. The summed E-state index contributed by atoms with van der Waals surface area (Å²) in [6.07, 6.45) is 10.7. The van der Waals surface area contributed by atoms with E-state index in [9.17, 15) is 0 Å². The van der Waals surface area contributed by atoms with Crippen molar-refractivity contribution in [2.75, 3.05) is 25.0 Å². The number of nitrogens with one attached hydrogen (secondary N) is 1. The Morgan fingerprint density at radius 1 is 0.806 bits per heavy atom. The highest BCUT2D eigenvalue weighted by atomic mass is 35.5. The van der Waals surface area contributed by atoms with Crippen molar-refractivity contribution in [2.45, 2.75) is 79.1 Å². The van der Waals surface area contributed by atoms with E-state index in [0.717, 1.165) is 53.1 Å². The normalized spacial score (nSPS) is 11.2. The molecule has 0 bridgehead atoms. The van der Waals surface area contributed by atoms with Gasteiger partial charge in [-0.25, -0.2) is 9.56 Å². The standard InChI is InChI=1S/C30H40N4S.ClH/c1-5-8-9-10-11-12-13-14-19-31-26-21-28-30(24-17-15-22(4)32-29(24)26)33-25-18-16-23(20-27(25)35-28)34(6-2)7-3;/h15-18,20-21H,5-14,19H2,1-4H3;1H. The first kappa shape index (κ1) is 28.3. The van der Waals surface area contributed by atoms with Crippen molar-refractivity contribution in [3.8, 4) is 10.6 Å². The number of aryl methyl sites for hydroxylation is 1. The van der Waals surface area contributed by atoms with Gasteiger partial charge in [-0.1, -0.05) is 51.9 Å². The number of fused-ring (bicyclic) bond motifs is 4. The van der Waals surface area contributed by atoms with E-state index in [1.54, 1.807) is 0 Å². The smallest absolute Gasteiger partial charge is 0.201 e. The number of hydrogen-bond donors (Lipinski definition) is 1. The number of unbranched alkanes of at least 4 members (excludes halogenated alkanes) is 7. The van der Waals surface area contributed by atoms with Gasteiger partial charge in [-0.3, -0.25) is 4.98 Å². The van der Waals surface area contributed by atoms with E-state index in [1.807, 2.05) is 11.3 Å². The lowest BCUT2D eigenvalue weighted by Crippen LogP contribution is -3.00. The van der Waals surface area contributed by atoms with E-state index >= 15 is 0 Å². The number of rotatable bonds is 12. The van der Waals surface area contributed by atoms with Crippen LogP contribution in [0.25, 0.3) is 31.7 Å². The molecule has 1 aromatic carbocycles. The fourth-order valence-corrected chi connectivity index (χ4v) is 5.93. The van der Waals surface area contributed by atoms with Crippen LogP contribution < -0.4 is 27.7 Å². The van der Waals surface area contributed by atoms with E-state index in [4.69, 9.17) is 9.97 Å². The maximum Gasteiger partial charge on any atom is 0.201 e. The van der Waals surface area contributed by atoms with E-state index in [0.29, 0.717) is 0 Å². The van der Waals surface area contributed by atoms with Gasteiger partial charge in [-0.2, -0.15) is 0 Å². The molecule has 0 amide bonds. The molecule has 36 heavy (non-hydrogen) atoms. The van der Waals surface area contributed by atoms with Gasteiger partial charge in [0, 0.05) is 29.8 Å². The van der Waals surface area contributed by atoms with Gasteiger partial charge in [0.25, 0.3) is 0 Å². The zero-order chi connectivity index (χ0) is 24.6. The minimum atomic E-state index is 0. The van der Waals surface area contributed by atoms with Crippen molar-refractivity contribution in [3.05, 3.63) is 47.4 Å². The zero-order valence-electron chi connectivity index (χ0n) is 22.4. The number of benzene rings is 2. The molecular formula is C30H41ClN4S. The number of pyridine rings is 1. The summed E-state index contributed by atoms with van der Waals surface area (Å²) in [6, 6.07) is 13.2. The van der Waals surface area contributed by atoms with Crippen LogP contribution in [0.1, 0.15) is 77.8 Å². The van der Waals surface area contributed by atoms with Crippen LogP contribution in [0.5, 0.6) is 0 Å². The molecule has 1 aromatic heterocycles. The Morgan fingerprint density at radius 3 is 2.25 bits per heavy atom. The van der Waals surface area contributed by atoms with Crippen molar-refractivity contribution >= 4 is 38.1 Å². The third kappa shape index (κ3) is 6.74. The van der Waals surface area contributed by atoms with Gasteiger partial charge in [0.2, 0.25) is 5.36 Å². The topological polar surface area (TPSA) is 40.8 Å².